The zero-order valence-electron chi connectivity index (χ0n) is 16.0. The Morgan fingerprint density at radius 1 is 1.07 bits per heavy atom. The van der Waals surface area contributed by atoms with Crippen LogP contribution >= 0.6 is 0 Å². The van der Waals surface area contributed by atoms with Gasteiger partial charge in [0.1, 0.15) is 5.75 Å². The minimum absolute atomic E-state index is 0.192. The second-order valence-corrected chi connectivity index (χ2v) is 8.58. The first kappa shape index (κ1) is 19.4. The summed E-state index contributed by atoms with van der Waals surface area (Å²) >= 11 is 0. The Kier molecular flexibility index (Phi) is 5.19. The number of anilines is 1. The molecule has 154 valence electrons. The minimum Gasteiger partial charge on any atom is -0.406 e. The molecule has 1 aromatic carbocycles. The molecule has 4 rings (SSSR count). The quantitative estimate of drug-likeness (QED) is 0.730. The molecule has 1 saturated carbocycles. The average Bonchev–Trinajstić information content (AvgIpc) is 3.40. The van der Waals surface area contributed by atoms with Crippen molar-refractivity contribution >= 4 is 11.6 Å². The van der Waals surface area contributed by atoms with E-state index in [1.165, 1.54) is 25.0 Å². The Morgan fingerprint density at radius 2 is 1.71 bits per heavy atom. The van der Waals surface area contributed by atoms with Crippen molar-refractivity contribution in [3.63, 3.8) is 0 Å². The maximum atomic E-state index is 12.4. The third-order valence-electron chi connectivity index (χ3n) is 6.51. The van der Waals surface area contributed by atoms with E-state index in [1.807, 2.05) is 4.90 Å². The van der Waals surface area contributed by atoms with E-state index in [0.717, 1.165) is 63.5 Å². The Morgan fingerprint density at radius 3 is 2.32 bits per heavy atom. The summed E-state index contributed by atoms with van der Waals surface area (Å²) in [7, 11) is 0. The van der Waals surface area contributed by atoms with Crippen molar-refractivity contribution in [2.75, 3.05) is 31.1 Å². The molecule has 4 nitrogen and oxygen atoms in total. The standard InChI is InChI=1S/C21H27F3N2O2/c22-21(23,24)28-18-6-4-17(5-7-18)26-14-11-20(15-26)9-12-25(13-10-20)19(27)8-3-16-1-2-16/h4-7,16H,1-3,8-15H2. The minimum atomic E-state index is -4.66. The largest absolute Gasteiger partial charge is 0.573 e. The molecule has 1 spiro atoms. The lowest BCUT2D eigenvalue weighted by atomic mass is 9.77. The van der Waals surface area contributed by atoms with Gasteiger partial charge < -0.3 is 14.5 Å². The Hall–Kier alpha value is -1.92. The zero-order chi connectivity index (χ0) is 19.8. The number of likely N-dealkylation sites (tertiary alicyclic amines) is 1. The first-order valence-electron chi connectivity index (χ1n) is 10.2. The SMILES string of the molecule is O=C(CCC1CC1)N1CCC2(CC1)CCN(c1ccc(OC(F)(F)F)cc1)C2. The van der Waals surface area contributed by atoms with Crippen LogP contribution in [0.5, 0.6) is 5.75 Å². The maximum absolute atomic E-state index is 12.4. The topological polar surface area (TPSA) is 32.8 Å². The summed E-state index contributed by atoms with van der Waals surface area (Å²) in [6.07, 6.45) is 2.73. The summed E-state index contributed by atoms with van der Waals surface area (Å²) in [5.41, 5.74) is 1.14. The Bertz CT molecular complexity index is 693. The third kappa shape index (κ3) is 4.73. The molecule has 3 aliphatic rings. The molecule has 0 bridgehead atoms. The van der Waals surface area contributed by atoms with Crippen molar-refractivity contribution in [1.82, 2.24) is 4.90 Å². The molecule has 7 heteroatoms. The van der Waals surface area contributed by atoms with Crippen LogP contribution in [0, 0.1) is 11.3 Å². The third-order valence-corrected chi connectivity index (χ3v) is 6.51. The number of rotatable bonds is 5. The number of alkyl halides is 3. The maximum Gasteiger partial charge on any atom is 0.573 e. The van der Waals surface area contributed by atoms with Crippen LogP contribution in [-0.2, 0) is 4.79 Å². The molecule has 28 heavy (non-hydrogen) atoms. The van der Waals surface area contributed by atoms with Gasteiger partial charge in [0.25, 0.3) is 0 Å². The number of halogens is 3. The van der Waals surface area contributed by atoms with Crippen molar-refractivity contribution in [3.05, 3.63) is 24.3 Å². The van der Waals surface area contributed by atoms with Crippen LogP contribution in [0.3, 0.4) is 0 Å². The van der Waals surface area contributed by atoms with Crippen molar-refractivity contribution in [2.24, 2.45) is 11.3 Å². The number of carbonyl (C=O) groups is 1. The second kappa shape index (κ2) is 7.48. The average molecular weight is 396 g/mol. The van der Waals surface area contributed by atoms with E-state index in [4.69, 9.17) is 0 Å². The van der Waals surface area contributed by atoms with Crippen molar-refractivity contribution < 1.29 is 22.7 Å². The zero-order valence-corrected chi connectivity index (χ0v) is 16.0. The van der Waals surface area contributed by atoms with Crippen LogP contribution in [0.4, 0.5) is 18.9 Å². The van der Waals surface area contributed by atoms with Crippen molar-refractivity contribution in [2.45, 2.75) is 51.3 Å². The van der Waals surface area contributed by atoms with Gasteiger partial charge in [-0.25, -0.2) is 0 Å². The molecule has 3 fully saturated rings. The van der Waals surface area contributed by atoms with E-state index >= 15 is 0 Å². The molecule has 1 amide bonds. The molecule has 2 heterocycles. The van der Waals surface area contributed by atoms with Crippen LogP contribution in [0.15, 0.2) is 24.3 Å². The van der Waals surface area contributed by atoms with Gasteiger partial charge in [-0.3, -0.25) is 4.79 Å². The lowest BCUT2D eigenvalue weighted by Crippen LogP contribution is -2.44. The summed E-state index contributed by atoms with van der Waals surface area (Å²) < 4.78 is 40.8. The van der Waals surface area contributed by atoms with Gasteiger partial charge >= 0.3 is 6.36 Å². The van der Waals surface area contributed by atoms with Gasteiger partial charge in [0, 0.05) is 38.3 Å². The van der Waals surface area contributed by atoms with Crippen LogP contribution < -0.4 is 9.64 Å². The Labute approximate surface area is 163 Å². The summed E-state index contributed by atoms with van der Waals surface area (Å²) in [6, 6.07) is 6.12. The van der Waals surface area contributed by atoms with Crippen molar-refractivity contribution in [3.8, 4) is 5.75 Å². The number of nitrogens with zero attached hydrogens (tertiary/aromatic N) is 2. The normalized spacial score (nSPS) is 22.0. The number of hydrogen-bond acceptors (Lipinski definition) is 3. The van der Waals surface area contributed by atoms with Gasteiger partial charge in [-0.05, 0) is 61.3 Å². The monoisotopic (exact) mass is 396 g/mol. The highest BCUT2D eigenvalue weighted by Gasteiger charge is 2.41. The van der Waals surface area contributed by atoms with Gasteiger partial charge in [0.15, 0.2) is 0 Å². The van der Waals surface area contributed by atoms with Gasteiger partial charge in [-0.15, -0.1) is 13.2 Å². The van der Waals surface area contributed by atoms with E-state index in [0.29, 0.717) is 12.3 Å². The fourth-order valence-electron chi connectivity index (χ4n) is 4.54. The van der Waals surface area contributed by atoms with E-state index < -0.39 is 6.36 Å². The highest BCUT2D eigenvalue weighted by atomic mass is 19.4. The van der Waals surface area contributed by atoms with Crippen LogP contribution in [-0.4, -0.2) is 43.3 Å². The smallest absolute Gasteiger partial charge is 0.406 e. The molecular formula is C21H27F3N2O2. The summed E-state index contributed by atoms with van der Waals surface area (Å²) in [5.74, 6) is 0.899. The summed E-state index contributed by atoms with van der Waals surface area (Å²) in [4.78, 5) is 16.6. The molecule has 0 atom stereocenters. The molecule has 0 N–H and O–H groups in total. The van der Waals surface area contributed by atoms with Crippen molar-refractivity contribution in [1.29, 1.82) is 0 Å². The summed E-state index contributed by atoms with van der Waals surface area (Å²) in [5, 5.41) is 0. The highest BCUT2D eigenvalue weighted by Crippen LogP contribution is 2.42. The van der Waals surface area contributed by atoms with Crippen LogP contribution in [0.25, 0.3) is 0 Å². The number of carbonyl (C=O) groups excluding carboxylic acids is 1. The number of ether oxygens (including phenoxy) is 1. The van der Waals surface area contributed by atoms with E-state index in [-0.39, 0.29) is 11.2 Å². The van der Waals surface area contributed by atoms with Gasteiger partial charge in [-0.2, -0.15) is 0 Å². The molecular weight excluding hydrogens is 369 g/mol. The van der Waals surface area contributed by atoms with Gasteiger partial charge in [0.05, 0.1) is 0 Å². The lowest BCUT2D eigenvalue weighted by molar-refractivity contribution is -0.274. The fraction of sp³-hybridized carbons (Fsp3) is 0.667. The fourth-order valence-corrected chi connectivity index (χ4v) is 4.54. The van der Waals surface area contributed by atoms with E-state index in [2.05, 4.69) is 9.64 Å². The molecule has 0 aromatic heterocycles. The molecule has 1 aliphatic carbocycles. The van der Waals surface area contributed by atoms with Crippen LogP contribution in [0.2, 0.25) is 0 Å². The molecule has 0 unspecified atom stereocenters. The molecule has 2 aliphatic heterocycles. The predicted octanol–water partition coefficient (Wildman–Crippen LogP) is 4.59. The Balaban J connectivity index is 1.28. The predicted molar refractivity (Wildman–Crippen MR) is 100 cm³/mol. The van der Waals surface area contributed by atoms with E-state index in [9.17, 15) is 18.0 Å². The van der Waals surface area contributed by atoms with Crippen LogP contribution in [0.1, 0.15) is 44.9 Å². The number of amides is 1. The van der Waals surface area contributed by atoms with Gasteiger partial charge in [0.2, 0.25) is 5.91 Å². The number of hydrogen-bond donors (Lipinski definition) is 0. The number of piperidine rings is 1. The molecule has 1 aromatic rings. The lowest BCUT2D eigenvalue weighted by Gasteiger charge is -2.39. The highest BCUT2D eigenvalue weighted by molar-refractivity contribution is 5.76. The van der Waals surface area contributed by atoms with Gasteiger partial charge in [-0.1, -0.05) is 12.8 Å². The first-order chi connectivity index (χ1) is 13.3. The number of benzene rings is 1. The second-order valence-electron chi connectivity index (χ2n) is 8.58. The molecule has 2 saturated heterocycles. The molecule has 0 radical (unpaired) electrons. The summed E-state index contributed by atoms with van der Waals surface area (Å²) in [6.45, 7) is 3.46. The van der Waals surface area contributed by atoms with E-state index in [1.54, 1.807) is 12.1 Å². The first-order valence-corrected chi connectivity index (χ1v) is 10.2.